The lowest BCUT2D eigenvalue weighted by Crippen LogP contribution is -2.39. The zero-order valence-electron chi connectivity index (χ0n) is 14.4. The molecule has 0 radical (unpaired) electrons. The monoisotopic (exact) mass is 354 g/mol. The fraction of sp³-hybridized carbons (Fsp3) is 0.611. The highest BCUT2D eigenvalue weighted by Gasteiger charge is 2.25. The van der Waals surface area contributed by atoms with Gasteiger partial charge < -0.3 is 20.1 Å². The average molecular weight is 355 g/mol. The van der Waals surface area contributed by atoms with Gasteiger partial charge >= 0.3 is 0 Å². The Morgan fingerprint density at radius 3 is 2.75 bits per heavy atom. The third-order valence-electron chi connectivity index (χ3n) is 4.65. The van der Waals surface area contributed by atoms with Gasteiger partial charge in [0.2, 0.25) is 5.91 Å². The van der Waals surface area contributed by atoms with Crippen molar-refractivity contribution in [1.82, 2.24) is 10.6 Å². The molecule has 2 aliphatic rings. The summed E-state index contributed by atoms with van der Waals surface area (Å²) in [4.78, 5) is 12.1. The van der Waals surface area contributed by atoms with E-state index in [1.54, 1.807) is 0 Å². The minimum atomic E-state index is -0.158. The van der Waals surface area contributed by atoms with Gasteiger partial charge in [-0.05, 0) is 37.1 Å². The molecule has 1 aromatic carbocycles. The van der Waals surface area contributed by atoms with E-state index >= 15 is 0 Å². The van der Waals surface area contributed by atoms with Crippen LogP contribution in [0.25, 0.3) is 0 Å². The topological polar surface area (TPSA) is 59.6 Å². The number of benzene rings is 1. The summed E-state index contributed by atoms with van der Waals surface area (Å²) in [5.41, 5.74) is 0.982. The molecule has 0 saturated carbocycles. The van der Waals surface area contributed by atoms with E-state index < -0.39 is 0 Å². The summed E-state index contributed by atoms with van der Waals surface area (Å²) in [6.45, 7) is 7.08. The molecule has 0 bridgehead atoms. The Kier molecular flexibility index (Phi) is 6.35. The molecule has 2 heterocycles. The van der Waals surface area contributed by atoms with Crippen molar-refractivity contribution in [1.29, 1.82) is 0 Å². The van der Waals surface area contributed by atoms with Crippen LogP contribution in [0.1, 0.15) is 38.7 Å². The molecule has 2 N–H and O–H groups in total. The smallest absolute Gasteiger partial charge is 0.221 e. The number of hydrogen-bond acceptors (Lipinski definition) is 4. The maximum Gasteiger partial charge on any atom is 0.221 e. The van der Waals surface area contributed by atoms with E-state index in [9.17, 15) is 4.79 Å². The lowest BCUT2D eigenvalue weighted by atomic mass is 9.84. The molecule has 0 aliphatic carbocycles. The van der Waals surface area contributed by atoms with Gasteiger partial charge in [-0.1, -0.05) is 19.9 Å². The van der Waals surface area contributed by atoms with Crippen LogP contribution in [0.4, 0.5) is 0 Å². The first kappa shape index (κ1) is 18.9. The van der Waals surface area contributed by atoms with Gasteiger partial charge in [-0.15, -0.1) is 12.4 Å². The van der Waals surface area contributed by atoms with E-state index in [2.05, 4.69) is 30.5 Å². The number of nitrogens with one attached hydrogen (secondary N) is 2. The van der Waals surface area contributed by atoms with Gasteiger partial charge in [-0.3, -0.25) is 4.79 Å². The molecule has 1 saturated heterocycles. The Hall–Kier alpha value is -1.46. The number of ether oxygens (including phenoxy) is 2. The lowest BCUT2D eigenvalue weighted by Gasteiger charge is -2.28. The van der Waals surface area contributed by atoms with Crippen molar-refractivity contribution in [2.24, 2.45) is 0 Å². The first-order valence-electron chi connectivity index (χ1n) is 8.45. The number of carbonyl (C=O) groups is 1. The molecule has 1 atom stereocenters. The summed E-state index contributed by atoms with van der Waals surface area (Å²) >= 11 is 0. The Bertz CT molecular complexity index is 571. The summed E-state index contributed by atoms with van der Waals surface area (Å²) in [5, 5.41) is 6.44. The van der Waals surface area contributed by atoms with Gasteiger partial charge in [0.15, 0.2) is 11.5 Å². The Morgan fingerprint density at radius 2 is 2.04 bits per heavy atom. The van der Waals surface area contributed by atoms with Crippen LogP contribution >= 0.6 is 12.4 Å². The van der Waals surface area contributed by atoms with Crippen LogP contribution in [0, 0.1) is 0 Å². The molecular weight excluding hydrogens is 328 g/mol. The molecule has 0 aromatic heterocycles. The van der Waals surface area contributed by atoms with Crippen molar-refractivity contribution in [2.45, 2.75) is 44.6 Å². The van der Waals surface area contributed by atoms with Crippen molar-refractivity contribution in [3.63, 3.8) is 0 Å². The Labute approximate surface area is 149 Å². The van der Waals surface area contributed by atoms with Crippen LogP contribution in [0.3, 0.4) is 0 Å². The Balaban J connectivity index is 0.00000208. The molecule has 0 spiro atoms. The van der Waals surface area contributed by atoms with Crippen LogP contribution in [-0.4, -0.2) is 38.3 Å². The largest absolute Gasteiger partial charge is 0.486 e. The molecule has 5 nitrogen and oxygen atoms in total. The maximum atomic E-state index is 12.1. The van der Waals surface area contributed by atoms with Crippen molar-refractivity contribution >= 4 is 18.3 Å². The molecule has 1 amide bonds. The van der Waals surface area contributed by atoms with Crippen molar-refractivity contribution in [2.75, 3.05) is 26.3 Å². The highest BCUT2D eigenvalue weighted by molar-refractivity contribution is 5.85. The van der Waals surface area contributed by atoms with Crippen molar-refractivity contribution in [3.05, 3.63) is 23.8 Å². The average Bonchev–Trinajstić information content (AvgIpc) is 3.05. The highest BCUT2D eigenvalue weighted by atomic mass is 35.5. The second kappa shape index (κ2) is 8.08. The minimum Gasteiger partial charge on any atom is -0.486 e. The van der Waals surface area contributed by atoms with Crippen molar-refractivity contribution < 1.29 is 14.3 Å². The van der Waals surface area contributed by atoms with Gasteiger partial charge in [0.25, 0.3) is 0 Å². The zero-order valence-corrected chi connectivity index (χ0v) is 15.2. The van der Waals surface area contributed by atoms with E-state index in [0.717, 1.165) is 30.0 Å². The second-order valence-electron chi connectivity index (χ2n) is 7.02. The van der Waals surface area contributed by atoms with E-state index in [4.69, 9.17) is 9.47 Å². The van der Waals surface area contributed by atoms with Gasteiger partial charge in [0.05, 0.1) is 0 Å². The normalized spacial score (nSPS) is 19.5. The predicted octanol–water partition coefficient (Wildman–Crippen LogP) is 2.42. The zero-order chi connectivity index (χ0) is 16.3. The molecule has 6 heteroatoms. The summed E-state index contributed by atoms with van der Waals surface area (Å²) in [6, 6.07) is 6.38. The number of rotatable bonds is 5. The van der Waals surface area contributed by atoms with Gasteiger partial charge in [-0.25, -0.2) is 0 Å². The number of carbonyl (C=O) groups excluding carboxylic acids is 1. The maximum absolute atomic E-state index is 12.1. The number of fused-ring (bicyclic) bond motifs is 1. The van der Waals surface area contributed by atoms with E-state index in [1.165, 1.54) is 6.42 Å². The first-order chi connectivity index (χ1) is 11.0. The van der Waals surface area contributed by atoms with E-state index in [-0.39, 0.29) is 23.7 Å². The summed E-state index contributed by atoms with van der Waals surface area (Å²) < 4.78 is 11.2. The van der Waals surface area contributed by atoms with E-state index in [0.29, 0.717) is 32.2 Å². The summed E-state index contributed by atoms with van der Waals surface area (Å²) in [5.74, 6) is 1.71. The highest BCUT2D eigenvalue weighted by Crippen LogP contribution is 2.34. The molecule has 2 aliphatic heterocycles. The van der Waals surface area contributed by atoms with Gasteiger partial charge in [-0.2, -0.15) is 0 Å². The van der Waals surface area contributed by atoms with Crippen LogP contribution < -0.4 is 20.1 Å². The van der Waals surface area contributed by atoms with Gasteiger partial charge in [0.1, 0.15) is 13.2 Å². The molecule has 1 aromatic rings. The standard InChI is InChI=1S/C18H26N2O3.ClH/c1-18(2,12-20-17(21)11-14-4-3-7-19-14)13-5-6-15-16(10-13)23-9-8-22-15;/h5-6,10,14,19H,3-4,7-9,11-12H2,1-2H3,(H,20,21);1H. The fourth-order valence-electron chi connectivity index (χ4n) is 3.11. The van der Waals surface area contributed by atoms with Gasteiger partial charge in [0, 0.05) is 24.4 Å². The number of halogens is 1. The third kappa shape index (κ3) is 4.54. The quantitative estimate of drug-likeness (QED) is 0.852. The van der Waals surface area contributed by atoms with E-state index in [1.807, 2.05) is 12.1 Å². The van der Waals surface area contributed by atoms with Crippen molar-refractivity contribution in [3.8, 4) is 11.5 Å². The second-order valence-corrected chi connectivity index (χ2v) is 7.02. The predicted molar refractivity (Wildman–Crippen MR) is 96.4 cm³/mol. The number of hydrogen-bond donors (Lipinski definition) is 2. The molecule has 1 unspecified atom stereocenters. The fourth-order valence-corrected chi connectivity index (χ4v) is 3.11. The summed E-state index contributed by atoms with van der Waals surface area (Å²) in [7, 11) is 0. The Morgan fingerprint density at radius 1 is 1.29 bits per heavy atom. The summed E-state index contributed by atoms with van der Waals surface area (Å²) in [6.07, 6.45) is 2.83. The molecule has 24 heavy (non-hydrogen) atoms. The molecular formula is C18H27ClN2O3. The lowest BCUT2D eigenvalue weighted by molar-refractivity contribution is -0.121. The minimum absolute atomic E-state index is 0. The van der Waals surface area contributed by atoms with Crippen LogP contribution in [0.5, 0.6) is 11.5 Å². The van der Waals surface area contributed by atoms with Crippen LogP contribution in [0.15, 0.2) is 18.2 Å². The number of amides is 1. The SMILES string of the molecule is CC(C)(CNC(=O)CC1CCCN1)c1ccc2c(c1)OCCO2.Cl. The molecule has 3 rings (SSSR count). The molecule has 1 fully saturated rings. The first-order valence-corrected chi connectivity index (χ1v) is 8.45. The van der Waals surface area contributed by atoms with Crippen LogP contribution in [0.2, 0.25) is 0 Å². The third-order valence-corrected chi connectivity index (χ3v) is 4.65. The van der Waals surface area contributed by atoms with Crippen LogP contribution in [-0.2, 0) is 10.2 Å². The molecule has 134 valence electrons.